The molecule has 1 heterocycles. The highest BCUT2D eigenvalue weighted by Gasteiger charge is 2.20. The van der Waals surface area contributed by atoms with E-state index in [9.17, 15) is 0 Å². The van der Waals surface area contributed by atoms with Crippen LogP contribution >= 0.6 is 0 Å². The van der Waals surface area contributed by atoms with Crippen molar-refractivity contribution in [2.24, 2.45) is 5.92 Å². The van der Waals surface area contributed by atoms with Crippen LogP contribution in [-0.2, 0) is 6.54 Å². The SMILES string of the molecule is c1cc(CNC2CC2)ncc1OCC1CCCCC1. The number of aromatic nitrogens is 1. The molecule has 0 aromatic carbocycles. The summed E-state index contributed by atoms with van der Waals surface area (Å²) >= 11 is 0. The second-order valence-electron chi connectivity index (χ2n) is 5.96. The Hall–Kier alpha value is -1.09. The van der Waals surface area contributed by atoms with E-state index in [1.54, 1.807) is 0 Å². The summed E-state index contributed by atoms with van der Waals surface area (Å²) in [6.07, 6.45) is 11.3. The number of pyridine rings is 1. The highest BCUT2D eigenvalue weighted by Crippen LogP contribution is 2.24. The van der Waals surface area contributed by atoms with Gasteiger partial charge in [-0.25, -0.2) is 0 Å². The van der Waals surface area contributed by atoms with E-state index in [1.807, 2.05) is 6.20 Å². The molecule has 2 aliphatic rings. The first kappa shape index (κ1) is 12.9. The lowest BCUT2D eigenvalue weighted by molar-refractivity contribution is 0.208. The van der Waals surface area contributed by atoms with Crippen LogP contribution in [0, 0.1) is 5.92 Å². The molecular weight excluding hydrogens is 236 g/mol. The number of hydrogen-bond acceptors (Lipinski definition) is 3. The zero-order chi connectivity index (χ0) is 12.9. The van der Waals surface area contributed by atoms with Crippen molar-refractivity contribution in [2.75, 3.05) is 6.61 Å². The Bertz CT molecular complexity index is 380. The molecule has 3 nitrogen and oxygen atoms in total. The predicted octanol–water partition coefficient (Wildman–Crippen LogP) is 3.29. The lowest BCUT2D eigenvalue weighted by Crippen LogP contribution is -2.16. The number of ether oxygens (including phenoxy) is 1. The normalized spacial score (nSPS) is 20.4. The Morgan fingerprint density at radius 3 is 2.63 bits per heavy atom. The van der Waals surface area contributed by atoms with E-state index in [1.165, 1.54) is 44.9 Å². The van der Waals surface area contributed by atoms with E-state index in [0.29, 0.717) is 0 Å². The third kappa shape index (κ3) is 4.20. The average Bonchev–Trinajstić information content (AvgIpc) is 3.29. The van der Waals surface area contributed by atoms with Crippen LogP contribution in [0.1, 0.15) is 50.6 Å². The fourth-order valence-corrected chi connectivity index (χ4v) is 2.71. The summed E-state index contributed by atoms with van der Waals surface area (Å²) in [6.45, 7) is 1.74. The molecule has 1 N–H and O–H groups in total. The third-order valence-electron chi connectivity index (χ3n) is 4.16. The standard InChI is InChI=1S/C16H24N2O/c1-2-4-13(5-3-1)12-19-16-9-8-15(18-11-16)10-17-14-6-7-14/h8-9,11,13-14,17H,1-7,10,12H2. The topological polar surface area (TPSA) is 34.2 Å². The molecule has 0 radical (unpaired) electrons. The Labute approximate surface area is 115 Å². The summed E-state index contributed by atoms with van der Waals surface area (Å²) in [5, 5.41) is 3.47. The van der Waals surface area contributed by atoms with Crippen LogP contribution in [0.2, 0.25) is 0 Å². The molecule has 2 aliphatic carbocycles. The smallest absolute Gasteiger partial charge is 0.137 e. The van der Waals surface area contributed by atoms with E-state index in [-0.39, 0.29) is 0 Å². The van der Waals surface area contributed by atoms with Crippen molar-refractivity contribution in [3.05, 3.63) is 24.0 Å². The second kappa shape index (κ2) is 6.38. The van der Waals surface area contributed by atoms with Gasteiger partial charge < -0.3 is 10.1 Å². The molecule has 0 aliphatic heterocycles. The molecule has 3 heteroatoms. The first-order chi connectivity index (χ1) is 9.40. The fourth-order valence-electron chi connectivity index (χ4n) is 2.71. The summed E-state index contributed by atoms with van der Waals surface area (Å²) < 4.78 is 5.86. The molecule has 0 amide bonds. The first-order valence-corrected chi connectivity index (χ1v) is 7.71. The van der Waals surface area contributed by atoms with Gasteiger partial charge in [-0.2, -0.15) is 0 Å². The minimum Gasteiger partial charge on any atom is -0.492 e. The number of rotatable bonds is 6. The molecule has 0 unspecified atom stereocenters. The molecule has 0 atom stereocenters. The predicted molar refractivity (Wildman–Crippen MR) is 76.2 cm³/mol. The van der Waals surface area contributed by atoms with Gasteiger partial charge >= 0.3 is 0 Å². The van der Waals surface area contributed by atoms with Crippen molar-refractivity contribution in [1.29, 1.82) is 0 Å². The van der Waals surface area contributed by atoms with Gasteiger partial charge in [0.2, 0.25) is 0 Å². The number of nitrogens with zero attached hydrogens (tertiary/aromatic N) is 1. The van der Waals surface area contributed by atoms with Crippen molar-refractivity contribution in [3.8, 4) is 5.75 Å². The highest BCUT2D eigenvalue weighted by atomic mass is 16.5. The molecule has 0 saturated heterocycles. The van der Waals surface area contributed by atoms with Crippen LogP contribution in [0.15, 0.2) is 18.3 Å². The maximum atomic E-state index is 5.86. The third-order valence-corrected chi connectivity index (χ3v) is 4.16. The van der Waals surface area contributed by atoms with Crippen LogP contribution in [0.25, 0.3) is 0 Å². The molecule has 2 saturated carbocycles. The van der Waals surface area contributed by atoms with E-state index < -0.39 is 0 Å². The maximum Gasteiger partial charge on any atom is 0.137 e. The molecule has 1 aromatic rings. The quantitative estimate of drug-likeness (QED) is 0.852. The van der Waals surface area contributed by atoms with Crippen molar-refractivity contribution >= 4 is 0 Å². The summed E-state index contributed by atoms with van der Waals surface area (Å²) in [4.78, 5) is 4.45. The van der Waals surface area contributed by atoms with Gasteiger partial charge in [0, 0.05) is 12.6 Å². The van der Waals surface area contributed by atoms with E-state index >= 15 is 0 Å². The lowest BCUT2D eigenvalue weighted by Gasteiger charge is -2.21. The van der Waals surface area contributed by atoms with Crippen molar-refractivity contribution in [2.45, 2.75) is 57.5 Å². The van der Waals surface area contributed by atoms with Crippen molar-refractivity contribution in [1.82, 2.24) is 10.3 Å². The van der Waals surface area contributed by atoms with Gasteiger partial charge in [-0.1, -0.05) is 19.3 Å². The Morgan fingerprint density at radius 2 is 1.95 bits per heavy atom. The minimum atomic E-state index is 0.740. The van der Waals surface area contributed by atoms with E-state index in [4.69, 9.17) is 4.74 Å². The second-order valence-corrected chi connectivity index (χ2v) is 5.96. The van der Waals surface area contributed by atoms with Gasteiger partial charge in [0.05, 0.1) is 18.5 Å². The molecule has 2 fully saturated rings. The van der Waals surface area contributed by atoms with Crippen LogP contribution < -0.4 is 10.1 Å². The molecule has 1 aromatic heterocycles. The Balaban J connectivity index is 1.42. The minimum absolute atomic E-state index is 0.740. The van der Waals surface area contributed by atoms with Gasteiger partial charge in [-0.05, 0) is 43.7 Å². The maximum absolute atomic E-state index is 5.86. The van der Waals surface area contributed by atoms with Crippen LogP contribution in [0.5, 0.6) is 5.75 Å². The fraction of sp³-hybridized carbons (Fsp3) is 0.688. The molecular formula is C16H24N2O. The van der Waals surface area contributed by atoms with Crippen LogP contribution in [0.4, 0.5) is 0 Å². The summed E-state index contributed by atoms with van der Waals surface area (Å²) in [7, 11) is 0. The lowest BCUT2D eigenvalue weighted by atomic mass is 9.90. The zero-order valence-corrected chi connectivity index (χ0v) is 11.6. The van der Waals surface area contributed by atoms with E-state index in [2.05, 4.69) is 22.4 Å². The highest BCUT2D eigenvalue weighted by molar-refractivity contribution is 5.20. The Morgan fingerprint density at radius 1 is 1.11 bits per heavy atom. The summed E-state index contributed by atoms with van der Waals surface area (Å²) in [5.74, 6) is 1.67. The van der Waals surface area contributed by atoms with E-state index in [0.717, 1.165) is 36.6 Å². The van der Waals surface area contributed by atoms with Gasteiger partial charge in [-0.3, -0.25) is 4.98 Å². The van der Waals surface area contributed by atoms with Gasteiger partial charge in [0.1, 0.15) is 5.75 Å². The monoisotopic (exact) mass is 260 g/mol. The first-order valence-electron chi connectivity index (χ1n) is 7.71. The molecule has 3 rings (SSSR count). The zero-order valence-electron chi connectivity index (χ0n) is 11.6. The van der Waals surface area contributed by atoms with Gasteiger partial charge in [-0.15, -0.1) is 0 Å². The number of nitrogens with one attached hydrogen (secondary N) is 1. The molecule has 0 spiro atoms. The Kier molecular flexibility index (Phi) is 4.34. The van der Waals surface area contributed by atoms with Gasteiger partial charge in [0.15, 0.2) is 0 Å². The van der Waals surface area contributed by atoms with Crippen LogP contribution in [-0.4, -0.2) is 17.6 Å². The molecule has 19 heavy (non-hydrogen) atoms. The molecule has 104 valence electrons. The van der Waals surface area contributed by atoms with Crippen molar-refractivity contribution < 1.29 is 4.74 Å². The average molecular weight is 260 g/mol. The van der Waals surface area contributed by atoms with Crippen molar-refractivity contribution in [3.63, 3.8) is 0 Å². The van der Waals surface area contributed by atoms with Gasteiger partial charge in [0.25, 0.3) is 0 Å². The molecule has 0 bridgehead atoms. The summed E-state index contributed by atoms with van der Waals surface area (Å²) in [6, 6.07) is 4.87. The summed E-state index contributed by atoms with van der Waals surface area (Å²) in [5.41, 5.74) is 1.11. The number of hydrogen-bond donors (Lipinski definition) is 1. The van der Waals surface area contributed by atoms with Crippen LogP contribution in [0.3, 0.4) is 0 Å². The largest absolute Gasteiger partial charge is 0.492 e.